The Balaban J connectivity index is 1.37. The minimum absolute atomic E-state index is 0.0495. The lowest BCUT2D eigenvalue weighted by Crippen LogP contribution is -2.52. The number of benzene rings is 2. The third kappa shape index (κ3) is 4.91. The van der Waals surface area contributed by atoms with E-state index in [1.807, 2.05) is 25.1 Å². The van der Waals surface area contributed by atoms with Gasteiger partial charge in [0.1, 0.15) is 12.4 Å². The first-order valence-corrected chi connectivity index (χ1v) is 10.7. The van der Waals surface area contributed by atoms with E-state index in [1.54, 1.807) is 19.2 Å². The van der Waals surface area contributed by atoms with Crippen molar-refractivity contribution in [2.24, 2.45) is 5.92 Å². The van der Waals surface area contributed by atoms with Crippen molar-refractivity contribution in [1.29, 1.82) is 0 Å². The molecule has 0 aliphatic carbocycles. The van der Waals surface area contributed by atoms with Crippen molar-refractivity contribution in [3.8, 4) is 5.75 Å². The van der Waals surface area contributed by atoms with E-state index >= 15 is 0 Å². The number of alkyl halides is 3. The Morgan fingerprint density at radius 2 is 1.88 bits per heavy atom. The topological polar surface area (TPSA) is 50.8 Å². The molecule has 4 rings (SSSR count). The quantitative estimate of drug-likeness (QED) is 0.699. The van der Waals surface area contributed by atoms with Crippen LogP contribution in [0.1, 0.15) is 33.7 Å². The molecule has 2 saturated heterocycles. The first-order chi connectivity index (χ1) is 15.2. The summed E-state index contributed by atoms with van der Waals surface area (Å²) < 4.78 is 51.5. The SMILES string of the molecule is CNC(=O)C1CN(Cc2ccc(OCc3ccc(C4COC4)c(C(F)(F)F)c3)c(C)c2)C1. The molecule has 0 aromatic heterocycles. The minimum atomic E-state index is -4.41. The summed E-state index contributed by atoms with van der Waals surface area (Å²) in [6.07, 6.45) is -4.41. The Bertz CT molecular complexity index is 983. The number of likely N-dealkylation sites (tertiary alicyclic amines) is 1. The maximum Gasteiger partial charge on any atom is 0.416 e. The molecule has 2 heterocycles. The molecule has 0 unspecified atom stereocenters. The molecule has 1 N–H and O–H groups in total. The van der Waals surface area contributed by atoms with Gasteiger partial charge >= 0.3 is 6.18 Å². The molecule has 0 bridgehead atoms. The smallest absolute Gasteiger partial charge is 0.416 e. The average Bonchev–Trinajstić information content (AvgIpc) is 2.68. The first-order valence-electron chi connectivity index (χ1n) is 10.7. The monoisotopic (exact) mass is 448 g/mol. The van der Waals surface area contributed by atoms with E-state index in [2.05, 4.69) is 10.2 Å². The third-order valence-electron chi connectivity index (χ3n) is 6.12. The van der Waals surface area contributed by atoms with Crippen LogP contribution in [0, 0.1) is 12.8 Å². The number of aryl methyl sites for hydroxylation is 1. The zero-order chi connectivity index (χ0) is 22.9. The van der Waals surface area contributed by atoms with Crippen LogP contribution in [0.25, 0.3) is 0 Å². The maximum atomic E-state index is 13.5. The fraction of sp³-hybridized carbons (Fsp3) is 0.458. The number of ether oxygens (including phenoxy) is 2. The van der Waals surface area contributed by atoms with Crippen LogP contribution in [0.5, 0.6) is 5.75 Å². The van der Waals surface area contributed by atoms with Gasteiger partial charge < -0.3 is 14.8 Å². The summed E-state index contributed by atoms with van der Waals surface area (Å²) in [5.74, 6) is 0.567. The van der Waals surface area contributed by atoms with Gasteiger partial charge in [-0.1, -0.05) is 24.3 Å². The summed E-state index contributed by atoms with van der Waals surface area (Å²) >= 11 is 0. The lowest BCUT2D eigenvalue weighted by molar-refractivity contribution is -0.139. The van der Waals surface area contributed by atoms with Gasteiger partial charge in [-0.25, -0.2) is 0 Å². The van der Waals surface area contributed by atoms with Crippen molar-refractivity contribution < 1.29 is 27.4 Å². The molecule has 2 aliphatic rings. The molecule has 0 radical (unpaired) electrons. The van der Waals surface area contributed by atoms with Gasteiger partial charge in [-0.2, -0.15) is 13.2 Å². The average molecular weight is 448 g/mol. The summed E-state index contributed by atoms with van der Waals surface area (Å²) in [5, 5.41) is 2.67. The van der Waals surface area contributed by atoms with Crippen molar-refractivity contribution >= 4 is 5.91 Å². The van der Waals surface area contributed by atoms with Crippen LogP contribution in [-0.4, -0.2) is 44.2 Å². The highest BCUT2D eigenvalue weighted by Crippen LogP contribution is 2.38. The Labute approximate surface area is 185 Å². The van der Waals surface area contributed by atoms with E-state index in [1.165, 1.54) is 6.07 Å². The van der Waals surface area contributed by atoms with Crippen molar-refractivity contribution in [1.82, 2.24) is 10.2 Å². The summed E-state index contributed by atoms with van der Waals surface area (Å²) in [5.41, 5.74) is 2.19. The molecular formula is C24H27F3N2O3. The van der Waals surface area contributed by atoms with Crippen molar-refractivity contribution in [2.75, 3.05) is 33.4 Å². The van der Waals surface area contributed by atoms with E-state index in [4.69, 9.17) is 9.47 Å². The second-order valence-electron chi connectivity index (χ2n) is 8.55. The lowest BCUT2D eigenvalue weighted by Gasteiger charge is -2.38. The molecule has 0 atom stereocenters. The molecule has 0 spiro atoms. The Morgan fingerprint density at radius 3 is 2.47 bits per heavy atom. The summed E-state index contributed by atoms with van der Waals surface area (Å²) in [7, 11) is 1.65. The van der Waals surface area contributed by atoms with E-state index in [-0.39, 0.29) is 29.9 Å². The zero-order valence-electron chi connectivity index (χ0n) is 18.2. The normalized spacial score (nSPS) is 17.5. The first kappa shape index (κ1) is 22.6. The van der Waals surface area contributed by atoms with Gasteiger partial charge in [-0.05, 0) is 41.3 Å². The van der Waals surface area contributed by atoms with Crippen LogP contribution in [0.2, 0.25) is 0 Å². The Hall–Kier alpha value is -2.58. The predicted molar refractivity (Wildman–Crippen MR) is 113 cm³/mol. The molecule has 172 valence electrons. The Kier molecular flexibility index (Phi) is 6.44. The highest BCUT2D eigenvalue weighted by molar-refractivity contribution is 5.79. The van der Waals surface area contributed by atoms with Gasteiger partial charge in [-0.15, -0.1) is 0 Å². The van der Waals surface area contributed by atoms with Gasteiger partial charge in [0, 0.05) is 32.6 Å². The molecule has 2 aromatic rings. The predicted octanol–water partition coefficient (Wildman–Crippen LogP) is 3.88. The highest BCUT2D eigenvalue weighted by atomic mass is 19.4. The Morgan fingerprint density at radius 1 is 1.16 bits per heavy atom. The van der Waals surface area contributed by atoms with Gasteiger partial charge in [0.25, 0.3) is 0 Å². The number of carbonyl (C=O) groups excluding carboxylic acids is 1. The fourth-order valence-corrected chi connectivity index (χ4v) is 4.17. The van der Waals surface area contributed by atoms with E-state index < -0.39 is 11.7 Å². The number of rotatable bonds is 7. The molecule has 1 amide bonds. The molecular weight excluding hydrogens is 421 g/mol. The van der Waals surface area contributed by atoms with Crippen LogP contribution in [0.4, 0.5) is 13.2 Å². The fourth-order valence-electron chi connectivity index (χ4n) is 4.17. The van der Waals surface area contributed by atoms with Gasteiger partial charge in [0.2, 0.25) is 5.91 Å². The zero-order valence-corrected chi connectivity index (χ0v) is 18.2. The molecule has 32 heavy (non-hydrogen) atoms. The summed E-state index contributed by atoms with van der Waals surface area (Å²) in [4.78, 5) is 13.8. The molecule has 0 saturated carbocycles. The van der Waals surface area contributed by atoms with Gasteiger partial charge in [-0.3, -0.25) is 9.69 Å². The number of nitrogens with one attached hydrogen (secondary N) is 1. The maximum absolute atomic E-state index is 13.5. The number of amides is 1. The molecule has 5 nitrogen and oxygen atoms in total. The number of hydrogen-bond donors (Lipinski definition) is 1. The van der Waals surface area contributed by atoms with E-state index in [9.17, 15) is 18.0 Å². The van der Waals surface area contributed by atoms with Crippen molar-refractivity contribution in [3.63, 3.8) is 0 Å². The highest BCUT2D eigenvalue weighted by Gasteiger charge is 2.37. The lowest BCUT2D eigenvalue weighted by atomic mass is 9.91. The number of hydrogen-bond acceptors (Lipinski definition) is 4. The number of halogens is 3. The van der Waals surface area contributed by atoms with Crippen molar-refractivity contribution in [2.45, 2.75) is 32.2 Å². The minimum Gasteiger partial charge on any atom is -0.489 e. The van der Waals surface area contributed by atoms with E-state index in [0.29, 0.717) is 24.5 Å². The van der Waals surface area contributed by atoms with Crippen molar-refractivity contribution in [3.05, 3.63) is 64.2 Å². The second kappa shape index (κ2) is 9.11. The third-order valence-corrected chi connectivity index (χ3v) is 6.12. The standard InChI is InChI=1S/C24H27F3N2O3/c1-15-7-16(9-29-10-18(11-29)23(30)28-2)4-6-22(15)32-12-17-3-5-20(19-13-31-14-19)21(8-17)24(25,26)27/h3-8,18-19H,9-14H2,1-2H3,(H,28,30). The van der Waals surface area contributed by atoms with Crippen LogP contribution in [0.3, 0.4) is 0 Å². The van der Waals surface area contributed by atoms with Crippen LogP contribution in [0.15, 0.2) is 36.4 Å². The van der Waals surface area contributed by atoms with Gasteiger partial charge in [0.15, 0.2) is 0 Å². The molecule has 2 aromatic carbocycles. The molecule has 2 fully saturated rings. The summed E-state index contributed by atoms with van der Waals surface area (Å²) in [6.45, 7) is 4.86. The van der Waals surface area contributed by atoms with Gasteiger partial charge in [0.05, 0.1) is 24.7 Å². The summed E-state index contributed by atoms with van der Waals surface area (Å²) in [6, 6.07) is 10.2. The van der Waals surface area contributed by atoms with Crippen LogP contribution < -0.4 is 10.1 Å². The molecule has 2 aliphatic heterocycles. The van der Waals surface area contributed by atoms with Crippen LogP contribution in [-0.2, 0) is 28.9 Å². The van der Waals surface area contributed by atoms with Crippen LogP contribution >= 0.6 is 0 Å². The number of nitrogens with zero attached hydrogens (tertiary/aromatic N) is 1. The molecule has 8 heteroatoms. The number of carbonyl (C=O) groups is 1. The largest absolute Gasteiger partial charge is 0.489 e. The van der Waals surface area contributed by atoms with E-state index in [0.717, 1.165) is 30.8 Å². The second-order valence-corrected chi connectivity index (χ2v) is 8.55.